The van der Waals surface area contributed by atoms with Crippen molar-refractivity contribution in [2.75, 3.05) is 28.2 Å². The smallest absolute Gasteiger partial charge is 0.329 e. The molecule has 0 aromatic heterocycles. The number of ether oxygens (including phenoxy) is 1. The third-order valence-electron chi connectivity index (χ3n) is 9.34. The zero-order chi connectivity index (χ0) is 39.4. The molecule has 286 valence electrons. The van der Waals surface area contributed by atoms with Crippen LogP contribution in [-0.4, -0.2) is 107 Å². The van der Waals surface area contributed by atoms with Gasteiger partial charge in [0.1, 0.15) is 29.8 Å². The molecule has 0 heterocycles. The molecule has 4 amide bonds. The first-order valence-corrected chi connectivity index (χ1v) is 18.4. The molecule has 5 atom stereocenters. The van der Waals surface area contributed by atoms with Gasteiger partial charge in [-0.2, -0.15) is 0 Å². The summed E-state index contributed by atoms with van der Waals surface area (Å²) < 4.78 is 5.75. The maximum absolute atomic E-state index is 14.4. The number of hydrogen-bond acceptors (Lipinski definition) is 6. The molecule has 10 heteroatoms. The van der Waals surface area contributed by atoms with Gasteiger partial charge in [-0.1, -0.05) is 85.2 Å². The van der Waals surface area contributed by atoms with Gasteiger partial charge in [0, 0.05) is 47.0 Å². The quantitative estimate of drug-likeness (QED) is 0.110. The number of unbranched alkanes of at least 4 members (excludes halogenated alkanes) is 2. The summed E-state index contributed by atoms with van der Waals surface area (Å²) in [5, 5.41) is 0. The number of likely N-dealkylation sites (N-methyl/N-ethyl adjacent to an activating group) is 4. The average Bonchev–Trinajstić information content (AvgIpc) is 3.03. The van der Waals surface area contributed by atoms with Crippen molar-refractivity contribution in [3.8, 4) is 12.3 Å². The molecule has 0 fully saturated rings. The summed E-state index contributed by atoms with van der Waals surface area (Å²) in [4.78, 5) is 75.8. The molecule has 51 heavy (non-hydrogen) atoms. The van der Waals surface area contributed by atoms with Gasteiger partial charge in [0.2, 0.25) is 23.6 Å². The molecule has 0 saturated carbocycles. The molecule has 0 radical (unpaired) electrons. The van der Waals surface area contributed by atoms with Gasteiger partial charge >= 0.3 is 5.97 Å². The lowest BCUT2D eigenvalue weighted by Gasteiger charge is -2.41. The fourth-order valence-electron chi connectivity index (χ4n) is 6.62. The van der Waals surface area contributed by atoms with E-state index in [1.807, 2.05) is 78.8 Å². The third-order valence-corrected chi connectivity index (χ3v) is 9.34. The van der Waals surface area contributed by atoms with Gasteiger partial charge in [0.25, 0.3) is 0 Å². The van der Waals surface area contributed by atoms with E-state index < -0.39 is 47.6 Å². The van der Waals surface area contributed by atoms with E-state index in [-0.39, 0.29) is 41.9 Å². The van der Waals surface area contributed by atoms with Crippen molar-refractivity contribution < 1.29 is 28.7 Å². The Morgan fingerprint density at radius 3 is 1.47 bits per heavy atom. The number of carbonyl (C=O) groups is 5. The van der Waals surface area contributed by atoms with E-state index in [1.165, 1.54) is 19.6 Å². The lowest BCUT2D eigenvalue weighted by atomic mass is 9.94. The summed E-state index contributed by atoms with van der Waals surface area (Å²) in [6.45, 7) is 18.4. The van der Waals surface area contributed by atoms with Crippen LogP contribution in [0.15, 0.2) is 30.3 Å². The highest BCUT2D eigenvalue weighted by Crippen LogP contribution is 2.24. The van der Waals surface area contributed by atoms with Crippen molar-refractivity contribution in [3.63, 3.8) is 0 Å². The molecule has 0 aliphatic carbocycles. The van der Waals surface area contributed by atoms with Crippen molar-refractivity contribution in [2.45, 2.75) is 131 Å². The highest BCUT2D eigenvalue weighted by atomic mass is 16.6. The Balaban J connectivity index is 3.42. The Bertz CT molecular complexity index is 1350. The third kappa shape index (κ3) is 13.0. The Morgan fingerprint density at radius 2 is 1.08 bits per heavy atom. The number of benzene rings is 1. The van der Waals surface area contributed by atoms with Crippen LogP contribution in [0, 0.1) is 36.0 Å². The highest BCUT2D eigenvalue weighted by Gasteiger charge is 2.43. The first kappa shape index (κ1) is 45.2. The molecule has 1 aromatic rings. The van der Waals surface area contributed by atoms with E-state index in [1.54, 1.807) is 49.0 Å². The summed E-state index contributed by atoms with van der Waals surface area (Å²) in [5.41, 5.74) is 0.0917. The Labute approximate surface area is 308 Å². The van der Waals surface area contributed by atoms with Crippen LogP contribution >= 0.6 is 0 Å². The number of hydrogen-bond donors (Lipinski definition) is 0. The molecule has 0 unspecified atom stereocenters. The molecule has 0 bridgehead atoms. The van der Waals surface area contributed by atoms with Gasteiger partial charge in [-0.05, 0) is 56.9 Å². The van der Waals surface area contributed by atoms with Crippen LogP contribution in [0.25, 0.3) is 0 Å². The second-order valence-electron chi connectivity index (χ2n) is 16.0. The van der Waals surface area contributed by atoms with Gasteiger partial charge in [-0.15, -0.1) is 12.3 Å². The SMILES string of the molecule is C#CCCCC[C@H](C)C(=O)N(C)[C@H](C(=O)N(C)[C@H](C(=O)N(C)[C@H](C(=O)N(C)[C@@H](Cc1ccccc1)C(=O)OC(C)(C)C)C(C)C)C(C)C)C(C)C. The van der Waals surface area contributed by atoms with Crippen LogP contribution in [0.1, 0.15) is 100 Å². The van der Waals surface area contributed by atoms with E-state index >= 15 is 0 Å². The van der Waals surface area contributed by atoms with Crippen molar-refractivity contribution >= 4 is 29.6 Å². The monoisotopic (exact) mass is 710 g/mol. The Morgan fingerprint density at radius 1 is 0.667 bits per heavy atom. The molecule has 10 nitrogen and oxygen atoms in total. The number of esters is 1. The van der Waals surface area contributed by atoms with Crippen LogP contribution in [0.5, 0.6) is 0 Å². The number of carbonyl (C=O) groups excluding carboxylic acids is 5. The second kappa shape index (κ2) is 20.2. The average molecular weight is 711 g/mol. The molecule has 1 rings (SSSR count). The molecular formula is C41H66N4O6. The Kier molecular flexibility index (Phi) is 17.9. The van der Waals surface area contributed by atoms with Gasteiger partial charge in [-0.3, -0.25) is 19.2 Å². The minimum atomic E-state index is -0.937. The lowest BCUT2D eigenvalue weighted by Crippen LogP contribution is -2.61. The van der Waals surface area contributed by atoms with E-state index in [2.05, 4.69) is 5.92 Å². The topological polar surface area (TPSA) is 108 Å². The fraction of sp³-hybridized carbons (Fsp3) is 0.683. The molecular weight excluding hydrogens is 644 g/mol. The van der Waals surface area contributed by atoms with Crippen molar-refractivity contribution in [3.05, 3.63) is 35.9 Å². The van der Waals surface area contributed by atoms with Gasteiger partial charge in [0.05, 0.1) is 0 Å². The Hall–Kier alpha value is -3.87. The number of terminal acetylenes is 1. The maximum Gasteiger partial charge on any atom is 0.329 e. The summed E-state index contributed by atoms with van der Waals surface area (Å²) >= 11 is 0. The largest absolute Gasteiger partial charge is 0.458 e. The zero-order valence-corrected chi connectivity index (χ0v) is 33.9. The number of amides is 4. The predicted octanol–water partition coefficient (Wildman–Crippen LogP) is 5.68. The molecule has 1 aromatic carbocycles. The lowest BCUT2D eigenvalue weighted by molar-refractivity contribution is -0.166. The van der Waals surface area contributed by atoms with Crippen LogP contribution < -0.4 is 0 Å². The van der Waals surface area contributed by atoms with Gasteiger partial charge < -0.3 is 24.3 Å². The number of nitrogens with zero attached hydrogens (tertiary/aromatic N) is 4. The predicted molar refractivity (Wildman–Crippen MR) is 203 cm³/mol. The minimum absolute atomic E-state index is 0.135. The highest BCUT2D eigenvalue weighted by molar-refractivity contribution is 5.95. The second-order valence-corrected chi connectivity index (χ2v) is 16.0. The van der Waals surface area contributed by atoms with Gasteiger partial charge in [-0.25, -0.2) is 4.79 Å². The standard InChI is InChI=1S/C41H66N4O6/c1-16-17-18-20-23-30(8)36(46)43(13)34(28(4)5)38(48)45(15)35(29(6)7)39(49)44(14)33(27(2)3)37(47)42(12)32(40(50)51-41(9,10)11)26-31-24-21-19-22-25-31/h1,19,21-22,24-25,27-30,32-35H,17-18,20,23,26H2,2-15H3/t30-,32-,33-,34-,35-/m0/s1. The molecule has 0 saturated heterocycles. The summed E-state index contributed by atoms with van der Waals surface area (Å²) in [7, 11) is 6.38. The number of rotatable bonds is 18. The van der Waals surface area contributed by atoms with Crippen molar-refractivity contribution in [1.29, 1.82) is 0 Å². The summed E-state index contributed by atoms with van der Waals surface area (Å²) in [5.74, 6) is -0.370. The first-order valence-electron chi connectivity index (χ1n) is 18.4. The van der Waals surface area contributed by atoms with E-state index in [0.29, 0.717) is 12.8 Å². The zero-order valence-electron chi connectivity index (χ0n) is 33.9. The summed E-state index contributed by atoms with van der Waals surface area (Å²) in [6.07, 6.45) is 8.58. The minimum Gasteiger partial charge on any atom is -0.458 e. The van der Waals surface area contributed by atoms with Crippen LogP contribution in [0.3, 0.4) is 0 Å². The maximum atomic E-state index is 14.4. The summed E-state index contributed by atoms with van der Waals surface area (Å²) in [6, 6.07) is 5.82. The molecule has 0 N–H and O–H groups in total. The molecule has 0 aliphatic rings. The van der Waals surface area contributed by atoms with Crippen LogP contribution in [0.2, 0.25) is 0 Å². The van der Waals surface area contributed by atoms with Crippen LogP contribution in [-0.2, 0) is 35.1 Å². The normalized spacial score (nSPS) is 14.6. The van der Waals surface area contributed by atoms with E-state index in [0.717, 1.165) is 18.4 Å². The van der Waals surface area contributed by atoms with Crippen molar-refractivity contribution in [1.82, 2.24) is 19.6 Å². The van der Waals surface area contributed by atoms with E-state index in [4.69, 9.17) is 11.2 Å². The van der Waals surface area contributed by atoms with Crippen molar-refractivity contribution in [2.24, 2.45) is 23.7 Å². The molecule has 0 aliphatic heterocycles. The van der Waals surface area contributed by atoms with Crippen LogP contribution in [0.4, 0.5) is 0 Å². The molecule has 0 spiro atoms. The first-order chi connectivity index (χ1) is 23.6. The van der Waals surface area contributed by atoms with E-state index in [9.17, 15) is 24.0 Å². The fourth-order valence-corrected chi connectivity index (χ4v) is 6.62. The van der Waals surface area contributed by atoms with Gasteiger partial charge in [0.15, 0.2) is 0 Å².